The van der Waals surface area contributed by atoms with E-state index < -0.39 is 0 Å². The number of thiophene rings is 1. The van der Waals surface area contributed by atoms with Gasteiger partial charge in [-0.3, -0.25) is 14.2 Å². The van der Waals surface area contributed by atoms with E-state index in [1.54, 1.807) is 0 Å². The van der Waals surface area contributed by atoms with Gasteiger partial charge in [-0.05, 0) is 30.1 Å². The second kappa shape index (κ2) is 4.80. The van der Waals surface area contributed by atoms with Crippen LogP contribution in [-0.2, 0) is 11.3 Å². The third-order valence-electron chi connectivity index (χ3n) is 2.40. The maximum Gasteiger partial charge on any atom is 0.272 e. The van der Waals surface area contributed by atoms with Crippen LogP contribution in [0.15, 0.2) is 16.2 Å². The molecule has 0 aliphatic carbocycles. The average molecular weight is 269 g/mol. The molecule has 0 saturated heterocycles. The van der Waals surface area contributed by atoms with E-state index >= 15 is 0 Å². The maximum absolute atomic E-state index is 12.1. The zero-order valence-electron chi connectivity index (χ0n) is 8.93. The average Bonchev–Trinajstić information content (AvgIpc) is 2.70. The lowest BCUT2D eigenvalue weighted by Gasteiger charge is -2.04. The van der Waals surface area contributed by atoms with Crippen LogP contribution >= 0.6 is 23.6 Å². The molecule has 0 unspecified atom stereocenters. The summed E-state index contributed by atoms with van der Waals surface area (Å²) in [4.78, 5) is 25.7. The SMILES string of the molecule is NC(=O)CCCn1c(=S)[nH]c2ccsc2c1=O. The highest BCUT2D eigenvalue weighted by Crippen LogP contribution is 2.13. The summed E-state index contributed by atoms with van der Waals surface area (Å²) in [6.45, 7) is 0.408. The van der Waals surface area contributed by atoms with Gasteiger partial charge < -0.3 is 10.7 Å². The molecule has 0 bridgehead atoms. The number of fused-ring (bicyclic) bond motifs is 1. The number of nitrogens with two attached hydrogens (primary N) is 1. The molecule has 0 atom stereocenters. The van der Waals surface area contributed by atoms with Crippen LogP contribution in [0, 0.1) is 4.77 Å². The van der Waals surface area contributed by atoms with Crippen LogP contribution in [0.25, 0.3) is 10.2 Å². The quantitative estimate of drug-likeness (QED) is 0.823. The van der Waals surface area contributed by atoms with Gasteiger partial charge in [0.25, 0.3) is 5.56 Å². The first kappa shape index (κ1) is 12.0. The molecule has 5 nitrogen and oxygen atoms in total. The van der Waals surface area contributed by atoms with Crippen molar-refractivity contribution in [1.82, 2.24) is 9.55 Å². The largest absolute Gasteiger partial charge is 0.370 e. The van der Waals surface area contributed by atoms with E-state index in [1.807, 2.05) is 11.4 Å². The number of carbonyl (C=O) groups is 1. The van der Waals surface area contributed by atoms with Crippen LogP contribution in [0.4, 0.5) is 0 Å². The summed E-state index contributed by atoms with van der Waals surface area (Å²) in [5.74, 6) is -0.370. The van der Waals surface area contributed by atoms with E-state index in [4.69, 9.17) is 18.0 Å². The molecule has 0 saturated carbocycles. The fourth-order valence-electron chi connectivity index (χ4n) is 1.59. The van der Waals surface area contributed by atoms with E-state index in [2.05, 4.69) is 4.98 Å². The van der Waals surface area contributed by atoms with Gasteiger partial charge in [0.1, 0.15) is 4.70 Å². The Labute approximate surface area is 106 Å². The predicted molar refractivity (Wildman–Crippen MR) is 69.7 cm³/mol. The van der Waals surface area contributed by atoms with E-state index in [0.717, 1.165) is 5.52 Å². The number of nitrogens with zero attached hydrogens (tertiary/aromatic N) is 1. The van der Waals surface area contributed by atoms with E-state index in [-0.39, 0.29) is 17.9 Å². The number of nitrogens with one attached hydrogen (secondary N) is 1. The molecule has 3 N–H and O–H groups in total. The summed E-state index contributed by atoms with van der Waals surface area (Å²) in [6, 6.07) is 1.82. The summed E-state index contributed by atoms with van der Waals surface area (Å²) in [7, 11) is 0. The van der Waals surface area contributed by atoms with Crippen molar-refractivity contribution in [2.75, 3.05) is 0 Å². The molecular weight excluding hydrogens is 258 g/mol. The van der Waals surface area contributed by atoms with Gasteiger partial charge >= 0.3 is 0 Å². The summed E-state index contributed by atoms with van der Waals surface area (Å²) < 4.78 is 2.50. The summed E-state index contributed by atoms with van der Waals surface area (Å²) in [6.07, 6.45) is 0.771. The van der Waals surface area contributed by atoms with Crippen molar-refractivity contribution in [1.29, 1.82) is 0 Å². The fourth-order valence-corrected chi connectivity index (χ4v) is 2.67. The van der Waals surface area contributed by atoms with Crippen molar-refractivity contribution < 1.29 is 4.79 Å². The number of aromatic nitrogens is 2. The minimum atomic E-state index is -0.370. The molecule has 0 fully saturated rings. The lowest BCUT2D eigenvalue weighted by molar-refractivity contribution is -0.118. The molecular formula is C10H11N3O2S2. The highest BCUT2D eigenvalue weighted by Gasteiger charge is 2.06. The molecule has 0 aliphatic rings. The smallest absolute Gasteiger partial charge is 0.272 e. The van der Waals surface area contributed by atoms with Crippen molar-refractivity contribution in [3.63, 3.8) is 0 Å². The summed E-state index contributed by atoms with van der Waals surface area (Å²) in [5.41, 5.74) is 5.70. The van der Waals surface area contributed by atoms with Gasteiger partial charge in [0, 0.05) is 13.0 Å². The third-order valence-corrected chi connectivity index (χ3v) is 3.62. The molecule has 17 heavy (non-hydrogen) atoms. The van der Waals surface area contributed by atoms with Crippen LogP contribution in [0.2, 0.25) is 0 Å². The van der Waals surface area contributed by atoms with E-state index in [0.29, 0.717) is 22.4 Å². The Balaban J connectivity index is 2.36. The van der Waals surface area contributed by atoms with Crippen molar-refractivity contribution in [3.05, 3.63) is 26.6 Å². The Kier molecular flexibility index (Phi) is 3.39. The van der Waals surface area contributed by atoms with Crippen LogP contribution in [-0.4, -0.2) is 15.5 Å². The Hall–Kier alpha value is -1.47. The standard InChI is InChI=1S/C10H11N3O2S2/c11-7(14)2-1-4-13-9(15)8-6(3-5-17-8)12-10(13)16/h3,5H,1-2,4H2,(H2,11,14)(H,12,16). The molecule has 0 aromatic carbocycles. The van der Waals surface area contributed by atoms with Gasteiger partial charge in [-0.1, -0.05) is 0 Å². The molecule has 2 aromatic rings. The second-order valence-corrected chi connectivity index (χ2v) is 4.92. The molecule has 1 amide bonds. The number of aromatic amines is 1. The van der Waals surface area contributed by atoms with Gasteiger partial charge in [0.2, 0.25) is 5.91 Å². The monoisotopic (exact) mass is 269 g/mol. The third kappa shape index (κ3) is 2.45. The second-order valence-electron chi connectivity index (χ2n) is 3.62. The molecule has 0 radical (unpaired) electrons. The van der Waals surface area contributed by atoms with E-state index in [1.165, 1.54) is 15.9 Å². The number of carbonyl (C=O) groups excluding carboxylic acids is 1. The highest BCUT2D eigenvalue weighted by molar-refractivity contribution is 7.71. The maximum atomic E-state index is 12.1. The van der Waals surface area contributed by atoms with Gasteiger partial charge in [0.15, 0.2) is 4.77 Å². The molecule has 90 valence electrons. The number of rotatable bonds is 4. The molecule has 0 aliphatic heterocycles. The minimum absolute atomic E-state index is 0.108. The Morgan fingerprint density at radius 2 is 2.35 bits per heavy atom. The number of H-pyrrole nitrogens is 1. The minimum Gasteiger partial charge on any atom is -0.370 e. The number of amides is 1. The van der Waals surface area contributed by atoms with Gasteiger partial charge in [-0.2, -0.15) is 0 Å². The summed E-state index contributed by atoms with van der Waals surface area (Å²) >= 11 is 6.48. The Morgan fingerprint density at radius 3 is 3.06 bits per heavy atom. The molecule has 2 heterocycles. The zero-order valence-corrected chi connectivity index (χ0v) is 10.6. The van der Waals surface area contributed by atoms with Gasteiger partial charge in [0.05, 0.1) is 5.52 Å². The van der Waals surface area contributed by atoms with Crippen LogP contribution in [0.3, 0.4) is 0 Å². The van der Waals surface area contributed by atoms with Crippen LogP contribution in [0.5, 0.6) is 0 Å². The first-order valence-electron chi connectivity index (χ1n) is 5.08. The Bertz CT molecular complexity index is 668. The van der Waals surface area contributed by atoms with Gasteiger partial charge in [-0.25, -0.2) is 0 Å². The normalized spacial score (nSPS) is 10.8. The lowest BCUT2D eigenvalue weighted by atomic mass is 10.3. The van der Waals surface area contributed by atoms with Crippen LogP contribution < -0.4 is 11.3 Å². The lowest BCUT2D eigenvalue weighted by Crippen LogP contribution is -2.22. The molecule has 2 aromatic heterocycles. The fraction of sp³-hybridized carbons (Fsp3) is 0.300. The first-order valence-corrected chi connectivity index (χ1v) is 6.37. The number of hydrogen-bond donors (Lipinski definition) is 2. The molecule has 2 rings (SSSR count). The van der Waals surface area contributed by atoms with Crippen LogP contribution in [0.1, 0.15) is 12.8 Å². The Morgan fingerprint density at radius 1 is 1.59 bits per heavy atom. The van der Waals surface area contributed by atoms with E-state index in [9.17, 15) is 9.59 Å². The molecule has 0 spiro atoms. The van der Waals surface area contributed by atoms with Crippen molar-refractivity contribution in [2.24, 2.45) is 5.73 Å². The van der Waals surface area contributed by atoms with Crippen molar-refractivity contribution >= 4 is 39.7 Å². The van der Waals surface area contributed by atoms with Crippen molar-refractivity contribution in [2.45, 2.75) is 19.4 Å². The first-order chi connectivity index (χ1) is 8.09. The predicted octanol–water partition coefficient (Wildman–Crippen LogP) is 1.39. The molecule has 7 heteroatoms. The van der Waals surface area contributed by atoms with Gasteiger partial charge in [-0.15, -0.1) is 11.3 Å². The topological polar surface area (TPSA) is 80.9 Å². The highest BCUT2D eigenvalue weighted by atomic mass is 32.1. The number of hydrogen-bond acceptors (Lipinski definition) is 4. The summed E-state index contributed by atoms with van der Waals surface area (Å²) in [5, 5.41) is 1.84. The number of primary amides is 1. The van der Waals surface area contributed by atoms with Crippen molar-refractivity contribution in [3.8, 4) is 0 Å². The zero-order chi connectivity index (χ0) is 12.4.